The van der Waals surface area contributed by atoms with Crippen LogP contribution in [-0.4, -0.2) is 47.4 Å². The maximum Gasteiger partial charge on any atom is 0.408 e. The van der Waals surface area contributed by atoms with Crippen LogP contribution in [0.4, 0.5) is 4.79 Å². The lowest BCUT2D eigenvalue weighted by Crippen LogP contribution is -2.56. The van der Waals surface area contributed by atoms with Gasteiger partial charge in [0.2, 0.25) is 0 Å². The van der Waals surface area contributed by atoms with Crippen LogP contribution in [0.1, 0.15) is 112 Å². The van der Waals surface area contributed by atoms with Crippen molar-refractivity contribution in [3.05, 3.63) is 12.2 Å². The predicted octanol–water partition coefficient (Wildman–Crippen LogP) is 6.26. The Balaban J connectivity index is 2.33. The van der Waals surface area contributed by atoms with Crippen LogP contribution in [0.3, 0.4) is 0 Å². The Kier molecular flexibility index (Phi) is 13.5. The molecule has 0 spiro atoms. The summed E-state index contributed by atoms with van der Waals surface area (Å²) < 4.78 is 17.1. The lowest BCUT2D eigenvalue weighted by atomic mass is 10.0. The van der Waals surface area contributed by atoms with Crippen molar-refractivity contribution in [2.75, 3.05) is 6.61 Å². The molecular formula is C26H49NO5. The van der Waals surface area contributed by atoms with Gasteiger partial charge in [0.1, 0.15) is 5.60 Å². The standard InChI is InChI=1S/C26H49NO5/c1-7-8-9-10-11-12-13-14-15-16-17-21(28)18-19-23-22(20-30-26(5,6)31-23)27-24(29)32-25(2,3)4/h16-17,21-23,28H,7-15,18-20H2,1-6H3,(H,27,29)/b17-16-/t21-,22+,23+/m0/s1. The molecule has 0 aromatic heterocycles. The Bertz CT molecular complexity index is 541. The van der Waals surface area contributed by atoms with E-state index in [1.54, 1.807) is 0 Å². The SMILES string of the molecule is CCCCCCCCCC/C=C\[C@H](O)CC[C@H]1OC(C)(C)OC[C@H]1NC(=O)OC(C)(C)C. The summed E-state index contributed by atoms with van der Waals surface area (Å²) in [6, 6.07) is -0.314. The highest BCUT2D eigenvalue weighted by molar-refractivity contribution is 5.68. The van der Waals surface area contributed by atoms with Gasteiger partial charge in [-0.25, -0.2) is 4.79 Å². The molecule has 1 saturated heterocycles. The van der Waals surface area contributed by atoms with Gasteiger partial charge in [-0.15, -0.1) is 0 Å². The second-order valence-electron chi connectivity index (χ2n) is 10.5. The minimum absolute atomic E-state index is 0.248. The van der Waals surface area contributed by atoms with Gasteiger partial charge >= 0.3 is 6.09 Å². The van der Waals surface area contributed by atoms with Crippen LogP contribution in [0.15, 0.2) is 12.2 Å². The zero-order valence-electron chi connectivity index (χ0n) is 21.5. The molecule has 0 bridgehead atoms. The van der Waals surface area contributed by atoms with E-state index in [1.807, 2.05) is 40.7 Å². The van der Waals surface area contributed by atoms with E-state index < -0.39 is 23.6 Å². The molecule has 1 amide bonds. The van der Waals surface area contributed by atoms with Crippen LogP contribution >= 0.6 is 0 Å². The first-order valence-corrected chi connectivity index (χ1v) is 12.7. The van der Waals surface area contributed by atoms with Gasteiger partial charge in [-0.3, -0.25) is 0 Å². The third kappa shape index (κ3) is 14.1. The van der Waals surface area contributed by atoms with Crippen molar-refractivity contribution < 1.29 is 24.1 Å². The van der Waals surface area contributed by atoms with Gasteiger partial charge in [-0.2, -0.15) is 0 Å². The van der Waals surface area contributed by atoms with Crippen molar-refractivity contribution >= 4 is 6.09 Å². The van der Waals surface area contributed by atoms with E-state index >= 15 is 0 Å². The molecule has 1 fully saturated rings. The number of carbonyl (C=O) groups is 1. The summed E-state index contributed by atoms with van der Waals surface area (Å²) in [6.45, 7) is 11.8. The van der Waals surface area contributed by atoms with Crippen LogP contribution in [-0.2, 0) is 14.2 Å². The van der Waals surface area contributed by atoms with Crippen molar-refractivity contribution in [2.45, 2.75) is 142 Å². The molecule has 0 aromatic rings. The third-order valence-electron chi connectivity index (χ3n) is 5.53. The smallest absolute Gasteiger partial charge is 0.408 e. The summed E-state index contributed by atoms with van der Waals surface area (Å²) in [5.74, 6) is -0.714. The zero-order chi connectivity index (χ0) is 24.0. The molecule has 6 heteroatoms. The molecule has 0 saturated carbocycles. The highest BCUT2D eigenvalue weighted by atomic mass is 16.7. The maximum atomic E-state index is 12.2. The molecule has 0 aliphatic carbocycles. The lowest BCUT2D eigenvalue weighted by molar-refractivity contribution is -0.283. The molecule has 1 heterocycles. The molecule has 2 N–H and O–H groups in total. The molecular weight excluding hydrogens is 406 g/mol. The van der Waals surface area contributed by atoms with Crippen molar-refractivity contribution in [3.63, 3.8) is 0 Å². The average Bonchev–Trinajstić information content (AvgIpc) is 2.68. The fourth-order valence-corrected chi connectivity index (χ4v) is 3.81. The van der Waals surface area contributed by atoms with Gasteiger partial charge < -0.3 is 24.6 Å². The van der Waals surface area contributed by atoms with Crippen LogP contribution in [0.2, 0.25) is 0 Å². The molecule has 32 heavy (non-hydrogen) atoms. The quantitative estimate of drug-likeness (QED) is 0.239. The highest BCUT2D eigenvalue weighted by Crippen LogP contribution is 2.26. The Hall–Kier alpha value is -1.11. The summed E-state index contributed by atoms with van der Waals surface area (Å²) in [5, 5.41) is 13.2. The fraction of sp³-hybridized carbons (Fsp3) is 0.885. The second-order valence-corrected chi connectivity index (χ2v) is 10.5. The number of unbranched alkanes of at least 4 members (excludes halogenated alkanes) is 8. The molecule has 1 aliphatic heterocycles. The maximum absolute atomic E-state index is 12.2. The topological polar surface area (TPSA) is 77.0 Å². The number of ether oxygens (including phenoxy) is 3. The molecule has 0 unspecified atom stereocenters. The van der Waals surface area contributed by atoms with Crippen LogP contribution in [0, 0.1) is 0 Å². The van der Waals surface area contributed by atoms with Gasteiger partial charge in [0.15, 0.2) is 5.79 Å². The second kappa shape index (κ2) is 14.9. The van der Waals surface area contributed by atoms with Gasteiger partial charge in [-0.05, 0) is 60.3 Å². The largest absolute Gasteiger partial charge is 0.444 e. The number of hydrogen-bond acceptors (Lipinski definition) is 5. The van der Waals surface area contributed by atoms with Crippen molar-refractivity contribution in [3.8, 4) is 0 Å². The minimum Gasteiger partial charge on any atom is -0.444 e. The van der Waals surface area contributed by atoms with E-state index in [9.17, 15) is 9.90 Å². The Morgan fingerprint density at radius 2 is 1.78 bits per heavy atom. The summed E-state index contributed by atoms with van der Waals surface area (Å²) in [7, 11) is 0. The summed E-state index contributed by atoms with van der Waals surface area (Å²) in [5.41, 5.74) is -0.564. The number of alkyl carbamates (subject to hydrolysis) is 1. The molecule has 188 valence electrons. The molecule has 0 aromatic carbocycles. The third-order valence-corrected chi connectivity index (χ3v) is 5.53. The van der Waals surface area contributed by atoms with E-state index in [-0.39, 0.29) is 12.1 Å². The number of nitrogens with one attached hydrogen (secondary N) is 1. The number of amides is 1. The van der Waals surface area contributed by atoms with Gasteiger partial charge in [0.25, 0.3) is 0 Å². The number of hydrogen-bond donors (Lipinski definition) is 2. The molecule has 1 rings (SSSR count). The number of aliphatic hydroxyl groups excluding tert-OH is 1. The zero-order valence-corrected chi connectivity index (χ0v) is 21.5. The monoisotopic (exact) mass is 455 g/mol. The minimum atomic E-state index is -0.714. The van der Waals surface area contributed by atoms with Crippen molar-refractivity contribution in [1.82, 2.24) is 5.32 Å². The molecule has 0 radical (unpaired) electrons. The Morgan fingerprint density at radius 3 is 2.41 bits per heavy atom. The first-order chi connectivity index (χ1) is 15.0. The Morgan fingerprint density at radius 1 is 1.16 bits per heavy atom. The van der Waals surface area contributed by atoms with E-state index in [0.29, 0.717) is 19.4 Å². The van der Waals surface area contributed by atoms with Gasteiger partial charge in [0.05, 0.1) is 24.9 Å². The van der Waals surface area contributed by atoms with Gasteiger partial charge in [0, 0.05) is 0 Å². The molecule has 6 nitrogen and oxygen atoms in total. The fourth-order valence-electron chi connectivity index (χ4n) is 3.81. The predicted molar refractivity (Wildman–Crippen MR) is 130 cm³/mol. The van der Waals surface area contributed by atoms with E-state index in [0.717, 1.165) is 6.42 Å². The van der Waals surface area contributed by atoms with Crippen molar-refractivity contribution in [1.29, 1.82) is 0 Å². The Labute approximate surface area is 196 Å². The highest BCUT2D eigenvalue weighted by Gasteiger charge is 2.37. The summed E-state index contributed by atoms with van der Waals surface area (Å²) >= 11 is 0. The average molecular weight is 456 g/mol. The number of allylic oxidation sites excluding steroid dienone is 1. The van der Waals surface area contributed by atoms with E-state index in [1.165, 1.54) is 51.4 Å². The molecule has 3 atom stereocenters. The lowest BCUT2D eigenvalue weighted by Gasteiger charge is -2.41. The van der Waals surface area contributed by atoms with E-state index in [4.69, 9.17) is 14.2 Å². The molecule has 1 aliphatic rings. The number of carbonyl (C=O) groups excluding carboxylic acids is 1. The van der Waals surface area contributed by atoms with E-state index in [2.05, 4.69) is 18.3 Å². The summed E-state index contributed by atoms with van der Waals surface area (Å²) in [4.78, 5) is 12.2. The first kappa shape index (κ1) is 28.9. The number of aliphatic hydroxyl groups is 1. The van der Waals surface area contributed by atoms with Gasteiger partial charge in [-0.1, -0.05) is 64.0 Å². The van der Waals surface area contributed by atoms with Crippen LogP contribution in [0.5, 0.6) is 0 Å². The summed E-state index contributed by atoms with van der Waals surface area (Å²) in [6.07, 6.45) is 15.4. The van der Waals surface area contributed by atoms with Crippen molar-refractivity contribution in [2.24, 2.45) is 0 Å². The first-order valence-electron chi connectivity index (χ1n) is 12.7. The number of rotatable bonds is 14. The van der Waals surface area contributed by atoms with Crippen LogP contribution < -0.4 is 5.32 Å². The van der Waals surface area contributed by atoms with Crippen LogP contribution in [0.25, 0.3) is 0 Å². The normalized spacial score (nSPS) is 22.1.